The van der Waals surface area contributed by atoms with E-state index in [0.29, 0.717) is 12.5 Å². The second-order valence-electron chi connectivity index (χ2n) is 8.21. The van der Waals surface area contributed by atoms with Gasteiger partial charge in [-0.25, -0.2) is 9.98 Å². The van der Waals surface area contributed by atoms with E-state index in [1.807, 2.05) is 11.6 Å². The number of rotatable bonds is 5. The molecule has 2 saturated heterocycles. The minimum absolute atomic E-state index is 0.651. The summed E-state index contributed by atoms with van der Waals surface area (Å²) in [5.41, 5.74) is 9.02. The third-order valence-corrected chi connectivity index (χ3v) is 6.79. The molecule has 0 saturated carbocycles. The van der Waals surface area contributed by atoms with Crippen LogP contribution >= 0.6 is 11.3 Å². The molecule has 0 bridgehead atoms. The monoisotopic (exact) mass is 412 g/mol. The first-order valence-corrected chi connectivity index (χ1v) is 11.6. The fourth-order valence-electron chi connectivity index (χ4n) is 4.30. The Morgan fingerprint density at radius 3 is 2.69 bits per heavy atom. The fourth-order valence-corrected chi connectivity index (χ4v) is 5.00. The number of piperazine rings is 1. The molecule has 0 amide bonds. The van der Waals surface area contributed by atoms with Crippen LogP contribution < -0.4 is 10.6 Å². The van der Waals surface area contributed by atoms with Crippen molar-refractivity contribution >= 4 is 22.4 Å². The van der Waals surface area contributed by atoms with Gasteiger partial charge in [0.15, 0.2) is 11.1 Å². The molecule has 1 atom stereocenters. The number of nitrogens with two attached hydrogens (primary N) is 1. The van der Waals surface area contributed by atoms with Crippen LogP contribution in [0.1, 0.15) is 30.9 Å². The predicted molar refractivity (Wildman–Crippen MR) is 121 cm³/mol. The Bertz CT molecular complexity index is 797. The Hall–Kier alpha value is -2.12. The molecule has 1 unspecified atom stereocenters. The average Bonchev–Trinajstić information content (AvgIpc) is 3.28. The van der Waals surface area contributed by atoms with Gasteiger partial charge in [-0.2, -0.15) is 0 Å². The first-order valence-electron chi connectivity index (χ1n) is 10.7. The number of nitrogens with zero attached hydrogens (tertiary/aromatic N) is 5. The van der Waals surface area contributed by atoms with E-state index in [0.717, 1.165) is 43.8 Å². The van der Waals surface area contributed by atoms with Crippen LogP contribution in [-0.2, 0) is 13.1 Å². The van der Waals surface area contributed by atoms with E-state index < -0.39 is 0 Å². The number of thiazole rings is 1. The Kier molecular flexibility index (Phi) is 6.67. The van der Waals surface area contributed by atoms with E-state index in [2.05, 4.69) is 50.9 Å². The molecule has 7 heteroatoms. The summed E-state index contributed by atoms with van der Waals surface area (Å²) in [7, 11) is 0. The van der Waals surface area contributed by atoms with Gasteiger partial charge in [0.05, 0.1) is 6.54 Å². The Morgan fingerprint density at radius 2 is 1.97 bits per heavy atom. The molecule has 1 aromatic heterocycles. The molecule has 2 aliphatic heterocycles. The normalized spacial score (nSPS) is 21.6. The third-order valence-electron chi connectivity index (χ3n) is 5.96. The van der Waals surface area contributed by atoms with Gasteiger partial charge in [-0.15, -0.1) is 11.3 Å². The molecule has 29 heavy (non-hydrogen) atoms. The minimum Gasteiger partial charge on any atom is -0.370 e. The van der Waals surface area contributed by atoms with Crippen LogP contribution in [0.4, 0.5) is 5.13 Å². The van der Waals surface area contributed by atoms with Crippen molar-refractivity contribution in [1.29, 1.82) is 0 Å². The summed E-state index contributed by atoms with van der Waals surface area (Å²) in [6, 6.07) is 8.68. The second-order valence-corrected chi connectivity index (χ2v) is 9.09. The number of hydrogen-bond acceptors (Lipinski definition) is 5. The van der Waals surface area contributed by atoms with Gasteiger partial charge in [-0.3, -0.25) is 4.90 Å². The number of piperidine rings is 1. The topological polar surface area (TPSA) is 61.0 Å². The van der Waals surface area contributed by atoms with Crippen LogP contribution in [-0.4, -0.2) is 60.0 Å². The largest absolute Gasteiger partial charge is 0.370 e. The quantitative estimate of drug-likeness (QED) is 0.604. The standard InChI is InChI=1S/C22H32N6S/c1-18-5-4-9-26(16-18)17-20-7-3-2-6-19(20)15-25-21(23)27-10-12-28(13-11-27)22-24-8-14-29-22/h2-3,6-8,14,18H,4-5,9-13,15-17H2,1H3,(H2,23,25). The first-order chi connectivity index (χ1) is 14.2. The highest BCUT2D eigenvalue weighted by Crippen LogP contribution is 2.21. The molecule has 0 aliphatic carbocycles. The smallest absolute Gasteiger partial charge is 0.191 e. The van der Waals surface area contributed by atoms with Crippen molar-refractivity contribution in [3.05, 3.63) is 47.0 Å². The highest BCUT2D eigenvalue weighted by Gasteiger charge is 2.20. The van der Waals surface area contributed by atoms with Gasteiger partial charge in [0.1, 0.15) is 0 Å². The molecule has 2 aliphatic rings. The van der Waals surface area contributed by atoms with Crippen molar-refractivity contribution in [3.8, 4) is 0 Å². The summed E-state index contributed by atoms with van der Waals surface area (Å²) in [5, 5.41) is 3.13. The zero-order valence-corrected chi connectivity index (χ0v) is 18.2. The number of guanidine groups is 1. The van der Waals surface area contributed by atoms with Crippen LogP contribution in [0.25, 0.3) is 0 Å². The van der Waals surface area contributed by atoms with Crippen LogP contribution in [0, 0.1) is 5.92 Å². The van der Waals surface area contributed by atoms with E-state index in [1.165, 1.54) is 37.1 Å². The summed E-state index contributed by atoms with van der Waals surface area (Å²) < 4.78 is 0. The molecule has 6 nitrogen and oxygen atoms in total. The van der Waals surface area contributed by atoms with Gasteiger partial charge in [-0.1, -0.05) is 31.2 Å². The van der Waals surface area contributed by atoms with E-state index >= 15 is 0 Å². The molecular formula is C22H32N6S. The summed E-state index contributed by atoms with van der Waals surface area (Å²) in [4.78, 5) is 16.3. The van der Waals surface area contributed by atoms with Crippen LogP contribution in [0.5, 0.6) is 0 Å². The van der Waals surface area contributed by atoms with Crippen molar-refractivity contribution in [3.63, 3.8) is 0 Å². The molecule has 0 radical (unpaired) electrons. The van der Waals surface area contributed by atoms with Gasteiger partial charge < -0.3 is 15.5 Å². The molecule has 156 valence electrons. The summed E-state index contributed by atoms with van der Waals surface area (Å²) in [5.74, 6) is 1.46. The van der Waals surface area contributed by atoms with Gasteiger partial charge in [0.2, 0.25) is 0 Å². The lowest BCUT2D eigenvalue weighted by Gasteiger charge is -2.35. The predicted octanol–water partition coefficient (Wildman–Crippen LogP) is 3.01. The zero-order valence-electron chi connectivity index (χ0n) is 17.3. The lowest BCUT2D eigenvalue weighted by Crippen LogP contribution is -2.51. The molecule has 0 spiro atoms. The van der Waals surface area contributed by atoms with Gasteiger partial charge >= 0.3 is 0 Å². The van der Waals surface area contributed by atoms with Crippen LogP contribution in [0.2, 0.25) is 0 Å². The Labute approximate surface area is 178 Å². The molecule has 2 fully saturated rings. The number of benzene rings is 1. The third kappa shape index (κ3) is 5.28. The highest BCUT2D eigenvalue weighted by atomic mass is 32.1. The van der Waals surface area contributed by atoms with E-state index in [4.69, 9.17) is 10.7 Å². The van der Waals surface area contributed by atoms with Crippen molar-refractivity contribution in [2.45, 2.75) is 32.9 Å². The zero-order chi connectivity index (χ0) is 20.1. The van der Waals surface area contributed by atoms with E-state index in [-0.39, 0.29) is 0 Å². The molecule has 2 N–H and O–H groups in total. The lowest BCUT2D eigenvalue weighted by atomic mass is 9.99. The SMILES string of the molecule is CC1CCCN(Cc2ccccc2CN=C(N)N2CCN(c3nccs3)CC2)C1. The minimum atomic E-state index is 0.651. The van der Waals surface area contributed by atoms with Crippen molar-refractivity contribution in [2.75, 3.05) is 44.2 Å². The summed E-state index contributed by atoms with van der Waals surface area (Å²) in [6.07, 6.45) is 4.53. The Balaban J connectivity index is 1.34. The van der Waals surface area contributed by atoms with Gasteiger partial charge in [0, 0.05) is 50.8 Å². The molecule has 4 rings (SSSR count). The van der Waals surface area contributed by atoms with Gasteiger partial charge in [0.25, 0.3) is 0 Å². The van der Waals surface area contributed by atoms with Gasteiger partial charge in [-0.05, 0) is 36.4 Å². The van der Waals surface area contributed by atoms with Crippen molar-refractivity contribution in [1.82, 2.24) is 14.8 Å². The fraction of sp³-hybridized carbons (Fsp3) is 0.545. The van der Waals surface area contributed by atoms with Crippen LogP contribution in [0.3, 0.4) is 0 Å². The second kappa shape index (κ2) is 9.59. The summed E-state index contributed by atoms with van der Waals surface area (Å²) >= 11 is 1.69. The van der Waals surface area contributed by atoms with E-state index in [1.54, 1.807) is 11.3 Å². The van der Waals surface area contributed by atoms with Crippen LogP contribution in [0.15, 0.2) is 40.8 Å². The number of aliphatic imine (C=N–C) groups is 1. The highest BCUT2D eigenvalue weighted by molar-refractivity contribution is 7.13. The molecule has 3 heterocycles. The number of aromatic nitrogens is 1. The van der Waals surface area contributed by atoms with Crippen molar-refractivity contribution < 1.29 is 0 Å². The summed E-state index contributed by atoms with van der Waals surface area (Å²) in [6.45, 7) is 10.1. The first kappa shape index (κ1) is 20.2. The molecule has 2 aromatic rings. The maximum atomic E-state index is 6.35. The Morgan fingerprint density at radius 1 is 1.17 bits per heavy atom. The molecular weight excluding hydrogens is 380 g/mol. The number of hydrogen-bond donors (Lipinski definition) is 1. The molecule has 1 aromatic carbocycles. The lowest BCUT2D eigenvalue weighted by molar-refractivity contribution is 0.176. The maximum Gasteiger partial charge on any atom is 0.191 e. The number of likely N-dealkylation sites (tertiary alicyclic amines) is 1. The average molecular weight is 413 g/mol. The maximum absolute atomic E-state index is 6.35. The number of anilines is 1. The van der Waals surface area contributed by atoms with E-state index in [9.17, 15) is 0 Å². The van der Waals surface area contributed by atoms with Crippen molar-refractivity contribution in [2.24, 2.45) is 16.6 Å².